The van der Waals surface area contributed by atoms with Gasteiger partial charge in [-0.15, -0.1) is 10.2 Å². The molecule has 3 aromatic carbocycles. The number of rotatable bonds is 6. The highest BCUT2D eigenvalue weighted by molar-refractivity contribution is 7.80. The number of aromatic nitrogens is 3. The number of nitrogens with zero attached hydrogens (tertiary/aromatic N) is 4. The van der Waals surface area contributed by atoms with Gasteiger partial charge in [0.05, 0.1) is 5.69 Å². The molecule has 1 amide bonds. The van der Waals surface area contributed by atoms with Crippen LogP contribution >= 0.6 is 12.2 Å². The lowest BCUT2D eigenvalue weighted by atomic mass is 10.2. The summed E-state index contributed by atoms with van der Waals surface area (Å²) in [5.74, 6) is -0.978. The fraction of sp³-hybridized carbons (Fsp3) is 0.200. The van der Waals surface area contributed by atoms with E-state index in [1.807, 2.05) is 31.2 Å². The van der Waals surface area contributed by atoms with Crippen LogP contribution in [0.15, 0.2) is 60.7 Å². The van der Waals surface area contributed by atoms with E-state index in [1.165, 1.54) is 18.2 Å². The predicted octanol–water partition coefficient (Wildman–Crippen LogP) is 4.84. The van der Waals surface area contributed by atoms with E-state index in [1.54, 1.807) is 4.80 Å². The van der Waals surface area contributed by atoms with Crippen molar-refractivity contribution < 1.29 is 9.18 Å². The molecule has 0 atom stereocenters. The molecule has 4 rings (SSSR count). The summed E-state index contributed by atoms with van der Waals surface area (Å²) in [4.78, 5) is 16.2. The van der Waals surface area contributed by atoms with Crippen LogP contribution in [-0.4, -0.2) is 39.1 Å². The van der Waals surface area contributed by atoms with Gasteiger partial charge in [-0.05, 0) is 93.1 Å². The Labute approximate surface area is 202 Å². The van der Waals surface area contributed by atoms with Crippen molar-refractivity contribution in [2.24, 2.45) is 0 Å². The molecule has 9 heteroatoms. The van der Waals surface area contributed by atoms with Gasteiger partial charge in [0.2, 0.25) is 0 Å². The Morgan fingerprint density at radius 2 is 1.71 bits per heavy atom. The highest BCUT2D eigenvalue weighted by Gasteiger charge is 2.12. The maximum Gasteiger partial charge on any atom is 0.257 e. The lowest BCUT2D eigenvalue weighted by molar-refractivity contribution is 0.0977. The normalized spacial score (nSPS) is 10.8. The lowest BCUT2D eigenvalue weighted by Crippen LogP contribution is -2.34. The van der Waals surface area contributed by atoms with E-state index < -0.39 is 11.7 Å². The minimum atomic E-state index is -0.491. The quantitative estimate of drug-likeness (QED) is 0.388. The van der Waals surface area contributed by atoms with Crippen LogP contribution in [-0.2, 0) is 0 Å². The van der Waals surface area contributed by atoms with Gasteiger partial charge in [0.1, 0.15) is 16.9 Å². The molecule has 0 radical (unpaired) electrons. The molecule has 0 saturated heterocycles. The van der Waals surface area contributed by atoms with Gasteiger partial charge in [0.15, 0.2) is 5.11 Å². The van der Waals surface area contributed by atoms with E-state index in [2.05, 4.69) is 51.7 Å². The summed E-state index contributed by atoms with van der Waals surface area (Å²) in [6.07, 6.45) is 0. The number of anilines is 2. The predicted molar refractivity (Wildman–Crippen MR) is 137 cm³/mol. The Hall–Kier alpha value is -3.85. The Morgan fingerprint density at radius 1 is 1.03 bits per heavy atom. The van der Waals surface area contributed by atoms with Crippen LogP contribution in [0.25, 0.3) is 16.7 Å². The average molecular weight is 477 g/mol. The lowest BCUT2D eigenvalue weighted by Gasteiger charge is -2.20. The van der Waals surface area contributed by atoms with Crippen molar-refractivity contribution in [3.63, 3.8) is 0 Å². The van der Waals surface area contributed by atoms with E-state index >= 15 is 0 Å². The van der Waals surface area contributed by atoms with Crippen LogP contribution in [0.4, 0.5) is 15.8 Å². The average Bonchev–Trinajstić information content (AvgIpc) is 3.23. The van der Waals surface area contributed by atoms with E-state index in [4.69, 9.17) is 12.2 Å². The van der Waals surface area contributed by atoms with Crippen LogP contribution in [0.3, 0.4) is 0 Å². The van der Waals surface area contributed by atoms with Crippen molar-refractivity contribution in [2.45, 2.75) is 20.8 Å². The van der Waals surface area contributed by atoms with Crippen LogP contribution in [0.2, 0.25) is 0 Å². The third-order valence-corrected chi connectivity index (χ3v) is 5.70. The first-order valence-corrected chi connectivity index (χ1v) is 11.4. The molecular formula is C25H25FN6OS. The number of benzene rings is 3. The molecule has 34 heavy (non-hydrogen) atoms. The molecule has 0 aliphatic heterocycles. The largest absolute Gasteiger partial charge is 0.372 e. The topological polar surface area (TPSA) is 75.1 Å². The number of thiocarbonyl (C=S) groups is 1. The number of hydrogen-bond donors (Lipinski definition) is 2. The first-order chi connectivity index (χ1) is 16.4. The first-order valence-electron chi connectivity index (χ1n) is 11.0. The van der Waals surface area contributed by atoms with E-state index in [9.17, 15) is 9.18 Å². The van der Waals surface area contributed by atoms with Crippen molar-refractivity contribution in [3.05, 3.63) is 77.6 Å². The Kier molecular flexibility index (Phi) is 6.83. The first kappa shape index (κ1) is 23.3. The van der Waals surface area contributed by atoms with Crippen molar-refractivity contribution >= 4 is 45.6 Å². The summed E-state index contributed by atoms with van der Waals surface area (Å²) in [5.41, 5.74) is 5.20. The van der Waals surface area contributed by atoms with Gasteiger partial charge in [0.25, 0.3) is 5.91 Å². The molecule has 1 heterocycles. The second-order valence-electron chi connectivity index (χ2n) is 7.75. The highest BCUT2D eigenvalue weighted by atomic mass is 32.1. The van der Waals surface area contributed by atoms with E-state index in [-0.39, 0.29) is 10.7 Å². The Balaban J connectivity index is 1.51. The number of aryl methyl sites for hydroxylation is 1. The zero-order chi connectivity index (χ0) is 24.2. The van der Waals surface area contributed by atoms with Crippen LogP contribution < -0.4 is 15.5 Å². The zero-order valence-corrected chi connectivity index (χ0v) is 20.0. The molecule has 0 aliphatic rings. The molecule has 174 valence electrons. The number of halogens is 1. The number of hydrogen-bond acceptors (Lipinski definition) is 5. The molecular weight excluding hydrogens is 451 g/mol. The van der Waals surface area contributed by atoms with Crippen LogP contribution in [0, 0.1) is 12.7 Å². The van der Waals surface area contributed by atoms with Gasteiger partial charge in [-0.3, -0.25) is 10.1 Å². The summed E-state index contributed by atoms with van der Waals surface area (Å²) in [7, 11) is 0. The number of carbonyl (C=O) groups is 1. The standard InChI is InChI=1S/C25H25FN6OS/c1-4-31(5-2)19-9-11-20(12-10-19)32-29-22-13-16(3)21(15-23(22)30-32)27-25(34)28-24(33)17-7-6-8-18(26)14-17/h6-15H,4-5H2,1-3H3,(H2,27,28,33,34). The van der Waals surface area contributed by atoms with Gasteiger partial charge >= 0.3 is 0 Å². The summed E-state index contributed by atoms with van der Waals surface area (Å²) < 4.78 is 13.4. The number of amides is 1. The third kappa shape index (κ3) is 5.04. The zero-order valence-electron chi connectivity index (χ0n) is 19.2. The number of nitrogens with one attached hydrogen (secondary N) is 2. The number of carbonyl (C=O) groups excluding carboxylic acids is 1. The number of fused-ring (bicyclic) bond motifs is 1. The third-order valence-electron chi connectivity index (χ3n) is 5.50. The van der Waals surface area contributed by atoms with Gasteiger partial charge in [-0.2, -0.15) is 4.80 Å². The molecule has 0 unspecified atom stereocenters. The molecule has 0 fully saturated rings. The minimum absolute atomic E-state index is 0.107. The van der Waals surface area contributed by atoms with Crippen molar-refractivity contribution in [1.29, 1.82) is 0 Å². The minimum Gasteiger partial charge on any atom is -0.372 e. The van der Waals surface area contributed by atoms with E-state index in [0.717, 1.165) is 41.6 Å². The Morgan fingerprint density at radius 3 is 2.35 bits per heavy atom. The molecule has 0 saturated carbocycles. The smallest absolute Gasteiger partial charge is 0.257 e. The van der Waals surface area contributed by atoms with Crippen molar-refractivity contribution in [2.75, 3.05) is 23.3 Å². The molecule has 0 aliphatic carbocycles. The van der Waals surface area contributed by atoms with Crippen molar-refractivity contribution in [1.82, 2.24) is 20.3 Å². The maximum atomic E-state index is 13.4. The fourth-order valence-corrected chi connectivity index (χ4v) is 3.86. The molecule has 7 nitrogen and oxygen atoms in total. The summed E-state index contributed by atoms with van der Waals surface area (Å²) in [6, 6.07) is 17.3. The maximum absolute atomic E-state index is 13.4. The van der Waals surface area contributed by atoms with Crippen LogP contribution in [0.5, 0.6) is 0 Å². The SMILES string of the molecule is CCN(CC)c1ccc(-n2nc3cc(C)c(NC(=S)NC(=O)c4cccc(F)c4)cc3n2)cc1. The highest BCUT2D eigenvalue weighted by Crippen LogP contribution is 2.23. The fourth-order valence-electron chi connectivity index (χ4n) is 3.66. The van der Waals surface area contributed by atoms with Gasteiger partial charge in [-0.1, -0.05) is 6.07 Å². The van der Waals surface area contributed by atoms with Crippen molar-refractivity contribution in [3.8, 4) is 5.69 Å². The molecule has 1 aromatic heterocycles. The summed E-state index contributed by atoms with van der Waals surface area (Å²) in [6.45, 7) is 8.06. The molecule has 0 bridgehead atoms. The van der Waals surface area contributed by atoms with Gasteiger partial charge < -0.3 is 10.2 Å². The second kappa shape index (κ2) is 9.96. The summed E-state index contributed by atoms with van der Waals surface area (Å²) >= 11 is 5.28. The van der Waals surface area contributed by atoms with Gasteiger partial charge in [-0.25, -0.2) is 4.39 Å². The van der Waals surface area contributed by atoms with Gasteiger partial charge in [0, 0.05) is 30.0 Å². The van der Waals surface area contributed by atoms with E-state index in [0.29, 0.717) is 11.2 Å². The Bertz CT molecular complexity index is 1350. The monoisotopic (exact) mass is 476 g/mol. The molecule has 0 spiro atoms. The summed E-state index contributed by atoms with van der Waals surface area (Å²) in [5, 5.41) is 14.9. The molecule has 4 aromatic rings. The second-order valence-corrected chi connectivity index (χ2v) is 8.16. The molecule has 2 N–H and O–H groups in total. The van der Waals surface area contributed by atoms with Crippen LogP contribution in [0.1, 0.15) is 29.8 Å².